The SMILES string of the molecule is O=C(c1ccc(=O)n(Cc2cccc(F)c2)n1)N1CCN(c2cccc(Cl)c2)CC1. The highest BCUT2D eigenvalue weighted by Gasteiger charge is 2.24. The van der Waals surface area contributed by atoms with Crippen molar-refractivity contribution in [2.24, 2.45) is 0 Å². The lowest BCUT2D eigenvalue weighted by atomic mass is 10.2. The number of hydrogen-bond acceptors (Lipinski definition) is 4. The van der Waals surface area contributed by atoms with Crippen molar-refractivity contribution in [3.05, 3.63) is 93.1 Å². The van der Waals surface area contributed by atoms with Gasteiger partial charge in [0.25, 0.3) is 11.5 Å². The van der Waals surface area contributed by atoms with Gasteiger partial charge in [-0.2, -0.15) is 5.10 Å². The fourth-order valence-corrected chi connectivity index (χ4v) is 3.67. The third kappa shape index (κ3) is 4.52. The Hall–Kier alpha value is -3.19. The second-order valence-corrected chi connectivity index (χ2v) is 7.54. The van der Waals surface area contributed by atoms with E-state index in [1.165, 1.54) is 28.9 Å². The Kier molecular flexibility index (Phi) is 5.81. The topological polar surface area (TPSA) is 58.4 Å². The highest BCUT2D eigenvalue weighted by molar-refractivity contribution is 6.30. The first-order valence-electron chi connectivity index (χ1n) is 9.62. The standard InChI is InChI=1S/C22H20ClFN4O2/c23-17-4-2-6-19(14-17)26-9-11-27(12-10-26)22(30)20-7-8-21(29)28(25-20)15-16-3-1-5-18(24)13-16/h1-8,13-14H,9-12,15H2. The summed E-state index contributed by atoms with van der Waals surface area (Å²) in [5.74, 6) is -0.612. The summed E-state index contributed by atoms with van der Waals surface area (Å²) >= 11 is 6.07. The molecule has 0 bridgehead atoms. The van der Waals surface area contributed by atoms with Crippen LogP contribution in [0.15, 0.2) is 65.5 Å². The lowest BCUT2D eigenvalue weighted by molar-refractivity contribution is 0.0738. The summed E-state index contributed by atoms with van der Waals surface area (Å²) in [5.41, 5.74) is 1.48. The smallest absolute Gasteiger partial charge is 0.274 e. The maximum absolute atomic E-state index is 13.4. The Morgan fingerprint density at radius 3 is 2.50 bits per heavy atom. The van der Waals surface area contributed by atoms with E-state index < -0.39 is 0 Å². The van der Waals surface area contributed by atoms with Gasteiger partial charge in [-0.25, -0.2) is 9.07 Å². The first-order chi connectivity index (χ1) is 14.5. The van der Waals surface area contributed by atoms with Crippen molar-refractivity contribution in [2.75, 3.05) is 31.1 Å². The van der Waals surface area contributed by atoms with Crippen LogP contribution < -0.4 is 10.5 Å². The van der Waals surface area contributed by atoms with E-state index in [-0.39, 0.29) is 29.5 Å². The first kappa shape index (κ1) is 20.1. The van der Waals surface area contributed by atoms with Gasteiger partial charge in [0.05, 0.1) is 6.54 Å². The van der Waals surface area contributed by atoms with Gasteiger partial charge in [0, 0.05) is 43.0 Å². The Morgan fingerprint density at radius 2 is 1.77 bits per heavy atom. The summed E-state index contributed by atoms with van der Waals surface area (Å²) < 4.78 is 14.6. The van der Waals surface area contributed by atoms with E-state index >= 15 is 0 Å². The van der Waals surface area contributed by atoms with Crippen molar-refractivity contribution in [3.63, 3.8) is 0 Å². The van der Waals surface area contributed by atoms with Gasteiger partial charge in [-0.05, 0) is 42.0 Å². The summed E-state index contributed by atoms with van der Waals surface area (Å²) in [5, 5.41) is 4.90. The molecule has 1 aliphatic heterocycles. The van der Waals surface area contributed by atoms with Gasteiger partial charge >= 0.3 is 0 Å². The molecule has 2 heterocycles. The van der Waals surface area contributed by atoms with Crippen LogP contribution in [0.5, 0.6) is 0 Å². The molecule has 30 heavy (non-hydrogen) atoms. The van der Waals surface area contributed by atoms with Gasteiger partial charge in [0.1, 0.15) is 11.5 Å². The first-order valence-corrected chi connectivity index (χ1v) is 10.00. The number of amides is 1. The predicted octanol–water partition coefficient (Wildman–Crippen LogP) is 3.05. The number of carbonyl (C=O) groups excluding carboxylic acids is 1. The maximum Gasteiger partial charge on any atom is 0.274 e. The average Bonchev–Trinajstić information content (AvgIpc) is 2.75. The number of halogens is 2. The number of rotatable bonds is 4. The van der Waals surface area contributed by atoms with Gasteiger partial charge in [0.2, 0.25) is 0 Å². The number of piperazine rings is 1. The van der Waals surface area contributed by atoms with Crippen LogP contribution in [-0.4, -0.2) is 46.8 Å². The molecule has 8 heteroatoms. The van der Waals surface area contributed by atoms with Crippen LogP contribution >= 0.6 is 11.6 Å². The Labute approximate surface area is 178 Å². The summed E-state index contributed by atoms with van der Waals surface area (Å²) in [7, 11) is 0. The molecule has 1 aliphatic rings. The fraction of sp³-hybridized carbons (Fsp3) is 0.227. The van der Waals surface area contributed by atoms with Gasteiger partial charge in [-0.15, -0.1) is 0 Å². The molecule has 2 aromatic carbocycles. The molecule has 154 valence electrons. The van der Waals surface area contributed by atoms with Crippen LogP contribution in [0.1, 0.15) is 16.1 Å². The zero-order valence-corrected chi connectivity index (χ0v) is 16.9. The third-order valence-electron chi connectivity index (χ3n) is 5.05. The molecule has 6 nitrogen and oxygen atoms in total. The van der Waals surface area contributed by atoms with Crippen LogP contribution in [0.4, 0.5) is 10.1 Å². The van der Waals surface area contributed by atoms with Gasteiger partial charge in [-0.1, -0.05) is 29.8 Å². The van der Waals surface area contributed by atoms with E-state index in [0.717, 1.165) is 5.69 Å². The number of carbonyl (C=O) groups is 1. The van der Waals surface area contributed by atoms with E-state index in [2.05, 4.69) is 10.00 Å². The van der Waals surface area contributed by atoms with Crippen LogP contribution in [0, 0.1) is 5.82 Å². The Bertz CT molecular complexity index is 1130. The van der Waals surface area contributed by atoms with E-state index in [1.54, 1.807) is 17.0 Å². The van der Waals surface area contributed by atoms with Crippen LogP contribution in [-0.2, 0) is 6.54 Å². The lowest BCUT2D eigenvalue weighted by Gasteiger charge is -2.36. The molecule has 0 N–H and O–H groups in total. The van der Waals surface area contributed by atoms with Crippen molar-refractivity contribution in [3.8, 4) is 0 Å². The average molecular weight is 427 g/mol. The molecule has 0 unspecified atom stereocenters. The minimum Gasteiger partial charge on any atom is -0.368 e. The third-order valence-corrected chi connectivity index (χ3v) is 5.28. The highest BCUT2D eigenvalue weighted by atomic mass is 35.5. The normalized spacial score (nSPS) is 14.1. The molecule has 4 rings (SSSR count). The van der Waals surface area contributed by atoms with Crippen LogP contribution in [0.25, 0.3) is 0 Å². The summed E-state index contributed by atoms with van der Waals surface area (Å²) in [4.78, 5) is 29.0. The van der Waals surface area contributed by atoms with Gasteiger partial charge in [0.15, 0.2) is 0 Å². The predicted molar refractivity (Wildman–Crippen MR) is 114 cm³/mol. The quantitative estimate of drug-likeness (QED) is 0.643. The van der Waals surface area contributed by atoms with Crippen molar-refractivity contribution in [1.29, 1.82) is 0 Å². The fourth-order valence-electron chi connectivity index (χ4n) is 3.49. The summed E-state index contributed by atoms with van der Waals surface area (Å²) in [6.45, 7) is 2.52. The second-order valence-electron chi connectivity index (χ2n) is 7.10. The molecule has 1 aromatic heterocycles. The van der Waals surface area contributed by atoms with Crippen molar-refractivity contribution < 1.29 is 9.18 Å². The lowest BCUT2D eigenvalue weighted by Crippen LogP contribution is -2.49. The van der Waals surface area contributed by atoms with Crippen LogP contribution in [0.3, 0.4) is 0 Å². The van der Waals surface area contributed by atoms with Crippen LogP contribution in [0.2, 0.25) is 5.02 Å². The number of nitrogens with zero attached hydrogens (tertiary/aromatic N) is 4. The monoisotopic (exact) mass is 426 g/mol. The van der Waals surface area contributed by atoms with E-state index in [0.29, 0.717) is 36.8 Å². The van der Waals surface area contributed by atoms with E-state index in [4.69, 9.17) is 11.6 Å². The number of benzene rings is 2. The molecule has 0 aliphatic carbocycles. The number of anilines is 1. The van der Waals surface area contributed by atoms with Gasteiger partial charge in [-0.3, -0.25) is 9.59 Å². The molecule has 0 atom stereocenters. The number of aromatic nitrogens is 2. The number of hydrogen-bond donors (Lipinski definition) is 0. The zero-order valence-electron chi connectivity index (χ0n) is 16.2. The molecule has 1 amide bonds. The zero-order chi connectivity index (χ0) is 21.1. The van der Waals surface area contributed by atoms with Crippen molar-refractivity contribution in [2.45, 2.75) is 6.54 Å². The van der Waals surface area contributed by atoms with E-state index in [9.17, 15) is 14.0 Å². The molecule has 0 spiro atoms. The van der Waals surface area contributed by atoms with E-state index in [1.807, 2.05) is 24.3 Å². The summed E-state index contributed by atoms with van der Waals surface area (Å²) in [6, 6.07) is 16.4. The van der Waals surface area contributed by atoms with Crippen molar-refractivity contribution in [1.82, 2.24) is 14.7 Å². The molecule has 0 saturated carbocycles. The molecule has 0 radical (unpaired) electrons. The maximum atomic E-state index is 13.4. The molecule has 1 fully saturated rings. The molecular weight excluding hydrogens is 407 g/mol. The largest absolute Gasteiger partial charge is 0.368 e. The Morgan fingerprint density at radius 1 is 1.00 bits per heavy atom. The molecule has 1 saturated heterocycles. The summed E-state index contributed by atoms with van der Waals surface area (Å²) in [6.07, 6.45) is 0. The Balaban J connectivity index is 1.45. The highest BCUT2D eigenvalue weighted by Crippen LogP contribution is 2.21. The second kappa shape index (κ2) is 8.67. The van der Waals surface area contributed by atoms with Gasteiger partial charge < -0.3 is 9.80 Å². The molecular formula is C22H20ClFN4O2. The van der Waals surface area contributed by atoms with Crippen molar-refractivity contribution >= 4 is 23.2 Å². The minimum absolute atomic E-state index is 0.0975. The molecule has 3 aromatic rings. The minimum atomic E-state index is -0.384.